The summed E-state index contributed by atoms with van der Waals surface area (Å²) in [5, 5.41) is 3.24. The van der Waals surface area contributed by atoms with Crippen LogP contribution in [0.15, 0.2) is 18.2 Å². The highest BCUT2D eigenvalue weighted by Crippen LogP contribution is 2.13. The lowest BCUT2D eigenvalue weighted by Crippen LogP contribution is -2.41. The Bertz CT molecular complexity index is 442. The quantitative estimate of drug-likeness (QED) is 0.866. The van der Waals surface area contributed by atoms with Crippen molar-refractivity contribution in [1.29, 1.82) is 0 Å². The molecule has 1 N–H and O–H groups in total. The van der Waals surface area contributed by atoms with E-state index in [0.717, 1.165) is 26.1 Å². The summed E-state index contributed by atoms with van der Waals surface area (Å²) in [6.07, 6.45) is 1.03. The molecule has 0 aliphatic carbocycles. The van der Waals surface area contributed by atoms with Gasteiger partial charge in [-0.05, 0) is 50.4 Å². The minimum absolute atomic E-state index is 0.0564. The average Bonchev–Trinajstić information content (AvgIpc) is 2.49. The number of carbonyl (C=O) groups excluding carboxylic acids is 1. The topological polar surface area (TPSA) is 32.3 Å². The molecule has 1 fully saturated rings. The number of nitrogens with zero attached hydrogens (tertiary/aromatic N) is 1. The predicted octanol–water partition coefficient (Wildman–Crippen LogP) is 2.01. The van der Waals surface area contributed by atoms with Gasteiger partial charge in [-0.2, -0.15) is 0 Å². The van der Waals surface area contributed by atoms with Crippen LogP contribution in [0.2, 0.25) is 0 Å². The maximum absolute atomic E-state index is 12.2. The van der Waals surface area contributed by atoms with E-state index >= 15 is 0 Å². The van der Waals surface area contributed by atoms with Crippen molar-refractivity contribution in [3.8, 4) is 0 Å². The molecule has 0 aromatic heterocycles. The SMILES string of the molecule is Cc1ccc(CN2CCCNC(C)C2=O)cc1C. The van der Waals surface area contributed by atoms with Crippen molar-refractivity contribution < 1.29 is 4.79 Å². The first kappa shape index (κ1) is 13.1. The molecule has 0 saturated carbocycles. The smallest absolute Gasteiger partial charge is 0.239 e. The van der Waals surface area contributed by atoms with Gasteiger partial charge in [0.05, 0.1) is 6.04 Å². The number of benzene rings is 1. The molecule has 1 aliphatic heterocycles. The van der Waals surface area contributed by atoms with Gasteiger partial charge < -0.3 is 10.2 Å². The number of carbonyl (C=O) groups is 1. The van der Waals surface area contributed by atoms with Crippen molar-refractivity contribution in [2.24, 2.45) is 0 Å². The fraction of sp³-hybridized carbons (Fsp3) is 0.533. The van der Waals surface area contributed by atoms with Crippen molar-refractivity contribution in [3.05, 3.63) is 34.9 Å². The van der Waals surface area contributed by atoms with Crippen molar-refractivity contribution in [2.75, 3.05) is 13.1 Å². The molecule has 98 valence electrons. The summed E-state index contributed by atoms with van der Waals surface area (Å²) >= 11 is 0. The van der Waals surface area contributed by atoms with Gasteiger partial charge in [0.1, 0.15) is 0 Å². The average molecular weight is 246 g/mol. The highest BCUT2D eigenvalue weighted by atomic mass is 16.2. The maximum atomic E-state index is 12.2. The Hall–Kier alpha value is -1.35. The van der Waals surface area contributed by atoms with E-state index < -0.39 is 0 Å². The Morgan fingerprint density at radius 2 is 2.11 bits per heavy atom. The third-order valence-electron chi connectivity index (χ3n) is 3.68. The second-order valence-electron chi connectivity index (χ2n) is 5.21. The molecule has 3 nitrogen and oxygen atoms in total. The van der Waals surface area contributed by atoms with Crippen LogP contribution in [-0.2, 0) is 11.3 Å². The Kier molecular flexibility index (Phi) is 4.02. The molecule has 0 radical (unpaired) electrons. The van der Waals surface area contributed by atoms with Crippen LogP contribution in [0.4, 0.5) is 0 Å². The standard InChI is InChI=1S/C15H22N2O/c1-11-5-6-14(9-12(11)2)10-17-8-4-7-16-13(3)15(17)18/h5-6,9,13,16H,4,7-8,10H2,1-3H3. The summed E-state index contributed by atoms with van der Waals surface area (Å²) in [6.45, 7) is 8.68. The molecular formula is C15H22N2O. The fourth-order valence-corrected chi connectivity index (χ4v) is 2.34. The molecule has 2 rings (SSSR count). The first-order valence-corrected chi connectivity index (χ1v) is 6.66. The number of hydrogen-bond acceptors (Lipinski definition) is 2. The normalized spacial score (nSPS) is 20.9. The molecule has 3 heteroatoms. The van der Waals surface area contributed by atoms with E-state index in [1.807, 2.05) is 11.8 Å². The Labute approximate surface area is 109 Å². The van der Waals surface area contributed by atoms with Gasteiger partial charge in [-0.1, -0.05) is 18.2 Å². The van der Waals surface area contributed by atoms with Gasteiger partial charge in [-0.3, -0.25) is 4.79 Å². The second kappa shape index (κ2) is 5.53. The summed E-state index contributed by atoms with van der Waals surface area (Å²) in [5.41, 5.74) is 3.82. The molecule has 0 bridgehead atoms. The van der Waals surface area contributed by atoms with Crippen LogP contribution in [0.25, 0.3) is 0 Å². The van der Waals surface area contributed by atoms with E-state index in [1.165, 1.54) is 16.7 Å². The lowest BCUT2D eigenvalue weighted by Gasteiger charge is -2.23. The van der Waals surface area contributed by atoms with Crippen LogP contribution in [-0.4, -0.2) is 29.9 Å². The van der Waals surface area contributed by atoms with E-state index in [4.69, 9.17) is 0 Å². The lowest BCUT2D eigenvalue weighted by molar-refractivity contribution is -0.132. The van der Waals surface area contributed by atoms with Crippen LogP contribution >= 0.6 is 0 Å². The first-order valence-electron chi connectivity index (χ1n) is 6.66. The zero-order chi connectivity index (χ0) is 13.1. The monoisotopic (exact) mass is 246 g/mol. The molecule has 1 aliphatic rings. The maximum Gasteiger partial charge on any atom is 0.239 e. The Balaban J connectivity index is 2.11. The minimum atomic E-state index is -0.0564. The fourth-order valence-electron chi connectivity index (χ4n) is 2.34. The molecular weight excluding hydrogens is 224 g/mol. The van der Waals surface area contributed by atoms with Crippen LogP contribution in [0, 0.1) is 13.8 Å². The lowest BCUT2D eigenvalue weighted by atomic mass is 10.1. The number of nitrogens with one attached hydrogen (secondary N) is 1. The van der Waals surface area contributed by atoms with Gasteiger partial charge in [-0.15, -0.1) is 0 Å². The number of amides is 1. The molecule has 1 heterocycles. The van der Waals surface area contributed by atoms with Gasteiger partial charge >= 0.3 is 0 Å². The largest absolute Gasteiger partial charge is 0.337 e. The molecule has 1 amide bonds. The van der Waals surface area contributed by atoms with Gasteiger partial charge in [0.25, 0.3) is 0 Å². The molecule has 18 heavy (non-hydrogen) atoms. The van der Waals surface area contributed by atoms with E-state index in [2.05, 4.69) is 37.4 Å². The van der Waals surface area contributed by atoms with Crippen LogP contribution in [0.1, 0.15) is 30.0 Å². The zero-order valence-corrected chi connectivity index (χ0v) is 11.5. The second-order valence-corrected chi connectivity index (χ2v) is 5.21. The predicted molar refractivity (Wildman–Crippen MR) is 73.4 cm³/mol. The number of aryl methyl sites for hydroxylation is 2. The van der Waals surface area contributed by atoms with E-state index in [-0.39, 0.29) is 11.9 Å². The van der Waals surface area contributed by atoms with E-state index in [1.54, 1.807) is 0 Å². The van der Waals surface area contributed by atoms with E-state index in [0.29, 0.717) is 0 Å². The van der Waals surface area contributed by atoms with Gasteiger partial charge in [0.2, 0.25) is 5.91 Å². The summed E-state index contributed by atoms with van der Waals surface area (Å²) in [6, 6.07) is 6.39. The third kappa shape index (κ3) is 2.91. The first-order chi connectivity index (χ1) is 8.58. The molecule has 0 spiro atoms. The molecule has 1 saturated heterocycles. The summed E-state index contributed by atoms with van der Waals surface area (Å²) in [5.74, 6) is 0.214. The van der Waals surface area contributed by atoms with Crippen molar-refractivity contribution in [1.82, 2.24) is 10.2 Å². The van der Waals surface area contributed by atoms with E-state index in [9.17, 15) is 4.79 Å². The van der Waals surface area contributed by atoms with Crippen molar-refractivity contribution in [3.63, 3.8) is 0 Å². The Morgan fingerprint density at radius 1 is 1.33 bits per heavy atom. The van der Waals surface area contributed by atoms with Crippen LogP contribution in [0.3, 0.4) is 0 Å². The molecule has 1 atom stereocenters. The molecule has 1 aromatic carbocycles. The summed E-state index contributed by atoms with van der Waals surface area (Å²) < 4.78 is 0. The summed E-state index contributed by atoms with van der Waals surface area (Å²) in [4.78, 5) is 14.1. The van der Waals surface area contributed by atoms with Crippen LogP contribution in [0.5, 0.6) is 0 Å². The minimum Gasteiger partial charge on any atom is -0.337 e. The summed E-state index contributed by atoms with van der Waals surface area (Å²) in [7, 11) is 0. The van der Waals surface area contributed by atoms with Gasteiger partial charge in [0, 0.05) is 13.1 Å². The van der Waals surface area contributed by atoms with Crippen molar-refractivity contribution >= 4 is 5.91 Å². The highest BCUT2D eigenvalue weighted by Gasteiger charge is 2.22. The number of rotatable bonds is 2. The third-order valence-corrected chi connectivity index (χ3v) is 3.68. The van der Waals surface area contributed by atoms with Crippen LogP contribution < -0.4 is 5.32 Å². The highest BCUT2D eigenvalue weighted by molar-refractivity contribution is 5.81. The van der Waals surface area contributed by atoms with Crippen molar-refractivity contribution in [2.45, 2.75) is 39.8 Å². The Morgan fingerprint density at radius 3 is 2.83 bits per heavy atom. The van der Waals surface area contributed by atoms with Gasteiger partial charge in [-0.25, -0.2) is 0 Å². The van der Waals surface area contributed by atoms with Gasteiger partial charge in [0.15, 0.2) is 0 Å². The molecule has 1 aromatic rings. The number of hydrogen-bond donors (Lipinski definition) is 1. The zero-order valence-electron chi connectivity index (χ0n) is 11.5. The molecule has 1 unspecified atom stereocenters.